The van der Waals surface area contributed by atoms with Crippen LogP contribution in [0.5, 0.6) is 0 Å². The van der Waals surface area contributed by atoms with Crippen molar-refractivity contribution < 1.29 is 4.79 Å². The van der Waals surface area contributed by atoms with Gasteiger partial charge in [-0.3, -0.25) is 14.4 Å². The lowest BCUT2D eigenvalue weighted by Gasteiger charge is -2.38. The number of carbonyl (C=O) groups is 1. The second-order valence-corrected chi connectivity index (χ2v) is 8.58. The number of piperazine rings is 1. The monoisotopic (exact) mass is 394 g/mol. The number of nitrogens with zero attached hydrogens (tertiary/aromatic N) is 4. The number of aromatic nitrogens is 2. The van der Waals surface area contributed by atoms with E-state index < -0.39 is 5.41 Å². The Bertz CT molecular complexity index is 909. The van der Waals surface area contributed by atoms with Crippen molar-refractivity contribution in [2.75, 3.05) is 26.2 Å². The van der Waals surface area contributed by atoms with Gasteiger partial charge < -0.3 is 4.90 Å². The summed E-state index contributed by atoms with van der Waals surface area (Å²) in [4.78, 5) is 17.5. The highest BCUT2D eigenvalue weighted by Crippen LogP contribution is 2.26. The molecule has 1 aromatic carbocycles. The third-order valence-electron chi connectivity index (χ3n) is 5.49. The second-order valence-electron chi connectivity index (χ2n) is 7.80. The molecule has 0 radical (unpaired) electrons. The molecule has 4 rings (SSSR count). The number of hydrogen-bond acceptors (Lipinski definition) is 4. The first-order valence-electron chi connectivity index (χ1n) is 9.67. The van der Waals surface area contributed by atoms with E-state index in [9.17, 15) is 4.79 Å². The Morgan fingerprint density at radius 1 is 1.07 bits per heavy atom. The quantitative estimate of drug-likeness (QED) is 0.663. The van der Waals surface area contributed by atoms with Gasteiger partial charge in [0, 0.05) is 43.3 Å². The largest absolute Gasteiger partial charge is 0.339 e. The molecule has 1 aliphatic heterocycles. The number of rotatable bonds is 5. The summed E-state index contributed by atoms with van der Waals surface area (Å²) in [5.74, 6) is 0.206. The summed E-state index contributed by atoms with van der Waals surface area (Å²) < 4.78 is 1.98. The molecule has 1 aliphatic rings. The van der Waals surface area contributed by atoms with Gasteiger partial charge in [0.05, 0.1) is 17.8 Å². The van der Waals surface area contributed by atoms with Crippen molar-refractivity contribution in [2.24, 2.45) is 0 Å². The third-order valence-corrected chi connectivity index (χ3v) is 6.18. The average molecular weight is 395 g/mol. The zero-order valence-electron chi connectivity index (χ0n) is 16.4. The van der Waals surface area contributed by atoms with Gasteiger partial charge in [-0.2, -0.15) is 16.4 Å². The van der Waals surface area contributed by atoms with Crippen LogP contribution < -0.4 is 0 Å². The fourth-order valence-electron chi connectivity index (χ4n) is 3.68. The van der Waals surface area contributed by atoms with E-state index in [4.69, 9.17) is 0 Å². The van der Waals surface area contributed by atoms with E-state index in [0.29, 0.717) is 0 Å². The van der Waals surface area contributed by atoms with Crippen molar-refractivity contribution in [1.29, 1.82) is 0 Å². The molecule has 5 nitrogen and oxygen atoms in total. The van der Waals surface area contributed by atoms with Gasteiger partial charge in [0.1, 0.15) is 0 Å². The number of thiophene rings is 1. The van der Waals surface area contributed by atoms with Crippen LogP contribution in [-0.4, -0.2) is 51.7 Å². The van der Waals surface area contributed by atoms with Gasteiger partial charge in [-0.15, -0.1) is 0 Å². The molecule has 0 N–H and O–H groups in total. The predicted molar refractivity (Wildman–Crippen MR) is 113 cm³/mol. The van der Waals surface area contributed by atoms with Crippen LogP contribution in [0.25, 0.3) is 11.3 Å². The van der Waals surface area contributed by atoms with E-state index in [0.717, 1.165) is 44.1 Å². The minimum absolute atomic E-state index is 0.206. The summed E-state index contributed by atoms with van der Waals surface area (Å²) in [5.41, 5.74) is 2.75. The van der Waals surface area contributed by atoms with Gasteiger partial charge >= 0.3 is 0 Å². The molecule has 1 saturated heterocycles. The van der Waals surface area contributed by atoms with Crippen LogP contribution in [0.3, 0.4) is 0 Å². The zero-order valence-corrected chi connectivity index (χ0v) is 17.2. The number of carbonyl (C=O) groups excluding carboxylic acids is 1. The summed E-state index contributed by atoms with van der Waals surface area (Å²) in [5, 5.41) is 8.87. The normalized spacial score (nSPS) is 15.7. The van der Waals surface area contributed by atoms with Crippen molar-refractivity contribution in [1.82, 2.24) is 19.6 Å². The molecule has 0 saturated carbocycles. The van der Waals surface area contributed by atoms with Gasteiger partial charge in [0.2, 0.25) is 5.91 Å². The number of amides is 1. The van der Waals surface area contributed by atoms with Crippen LogP contribution in [0.15, 0.2) is 59.4 Å². The van der Waals surface area contributed by atoms with Gasteiger partial charge in [-0.25, -0.2) is 0 Å². The van der Waals surface area contributed by atoms with Crippen LogP contribution in [0.2, 0.25) is 0 Å². The van der Waals surface area contributed by atoms with E-state index in [-0.39, 0.29) is 5.91 Å². The highest BCUT2D eigenvalue weighted by atomic mass is 32.1. The first-order chi connectivity index (χ1) is 13.5. The second kappa shape index (κ2) is 7.89. The zero-order chi connectivity index (χ0) is 19.6. The van der Waals surface area contributed by atoms with Crippen molar-refractivity contribution in [3.05, 3.63) is 65.0 Å². The van der Waals surface area contributed by atoms with Gasteiger partial charge in [0.25, 0.3) is 0 Å². The molecule has 0 atom stereocenters. The molecule has 6 heteroatoms. The molecule has 0 aliphatic carbocycles. The summed E-state index contributed by atoms with van der Waals surface area (Å²) in [7, 11) is 0. The van der Waals surface area contributed by atoms with Gasteiger partial charge in [-0.1, -0.05) is 30.3 Å². The molecule has 0 unspecified atom stereocenters. The van der Waals surface area contributed by atoms with Crippen LogP contribution in [0.1, 0.15) is 19.4 Å². The average Bonchev–Trinajstić information content (AvgIpc) is 3.40. The number of hydrogen-bond donors (Lipinski definition) is 0. The molecule has 3 heterocycles. The summed E-state index contributed by atoms with van der Waals surface area (Å²) in [6.45, 7) is 8.05. The Kier molecular flexibility index (Phi) is 5.33. The highest BCUT2D eigenvalue weighted by molar-refractivity contribution is 7.08. The van der Waals surface area contributed by atoms with Gasteiger partial charge in [-0.05, 0) is 36.9 Å². The maximum atomic E-state index is 13.1. The van der Waals surface area contributed by atoms with Crippen molar-refractivity contribution >= 4 is 17.2 Å². The molecule has 3 aromatic rings. The third kappa shape index (κ3) is 3.88. The molecular weight excluding hydrogens is 368 g/mol. The van der Waals surface area contributed by atoms with E-state index in [1.165, 1.54) is 5.56 Å². The lowest BCUT2D eigenvalue weighted by atomic mass is 9.83. The van der Waals surface area contributed by atoms with E-state index in [1.54, 1.807) is 11.3 Å². The van der Waals surface area contributed by atoms with Crippen molar-refractivity contribution in [2.45, 2.75) is 25.9 Å². The smallest absolute Gasteiger partial charge is 0.232 e. The standard InChI is InChI=1S/C22H26N4OS/c1-22(2,19-6-4-3-5-7-19)21(27)25-13-11-24(12-14-25)17-26-10-8-20(23-26)18-9-15-28-16-18/h3-10,15-16H,11-14,17H2,1-2H3. The van der Waals surface area contributed by atoms with E-state index >= 15 is 0 Å². The minimum atomic E-state index is -0.499. The molecule has 28 heavy (non-hydrogen) atoms. The lowest BCUT2D eigenvalue weighted by molar-refractivity contribution is -0.138. The van der Waals surface area contributed by atoms with Crippen LogP contribution in [0, 0.1) is 0 Å². The molecule has 1 amide bonds. The highest BCUT2D eigenvalue weighted by Gasteiger charge is 2.35. The van der Waals surface area contributed by atoms with Crippen molar-refractivity contribution in [3.8, 4) is 11.3 Å². The molecule has 0 spiro atoms. The SMILES string of the molecule is CC(C)(C(=O)N1CCN(Cn2ccc(-c3ccsc3)n2)CC1)c1ccccc1. The van der Waals surface area contributed by atoms with E-state index in [1.807, 2.05) is 60.0 Å². The molecule has 1 fully saturated rings. The first-order valence-corrected chi connectivity index (χ1v) is 10.6. The fourth-order valence-corrected chi connectivity index (χ4v) is 4.33. The van der Waals surface area contributed by atoms with Crippen molar-refractivity contribution in [3.63, 3.8) is 0 Å². The Labute approximate surface area is 170 Å². The molecule has 146 valence electrons. The minimum Gasteiger partial charge on any atom is -0.339 e. The Morgan fingerprint density at radius 3 is 2.50 bits per heavy atom. The molecule has 2 aromatic heterocycles. The molecule has 0 bridgehead atoms. The Balaban J connectivity index is 1.34. The maximum absolute atomic E-state index is 13.1. The van der Waals surface area contributed by atoms with Crippen LogP contribution >= 0.6 is 11.3 Å². The van der Waals surface area contributed by atoms with Gasteiger partial charge in [0.15, 0.2) is 0 Å². The molecular formula is C22H26N4OS. The summed E-state index contributed by atoms with van der Waals surface area (Å²) in [6, 6.07) is 14.2. The number of benzene rings is 1. The topological polar surface area (TPSA) is 41.4 Å². The fraction of sp³-hybridized carbons (Fsp3) is 0.364. The maximum Gasteiger partial charge on any atom is 0.232 e. The summed E-state index contributed by atoms with van der Waals surface area (Å²) in [6.07, 6.45) is 2.03. The lowest BCUT2D eigenvalue weighted by Crippen LogP contribution is -2.53. The van der Waals surface area contributed by atoms with Crippen LogP contribution in [-0.2, 0) is 16.9 Å². The predicted octanol–water partition coefficient (Wildman–Crippen LogP) is 3.69. The first kappa shape index (κ1) is 18.9. The van der Waals surface area contributed by atoms with Crippen LogP contribution in [0.4, 0.5) is 0 Å². The van der Waals surface area contributed by atoms with E-state index in [2.05, 4.69) is 32.9 Å². The Morgan fingerprint density at radius 2 is 1.82 bits per heavy atom. The summed E-state index contributed by atoms with van der Waals surface area (Å²) >= 11 is 1.69. The Hall–Kier alpha value is -2.44.